The molecule has 1 aromatic carbocycles. The van der Waals surface area contributed by atoms with Crippen LogP contribution in [0.2, 0.25) is 0 Å². The molecular weight excluding hydrogens is 230 g/mol. The lowest BCUT2D eigenvalue weighted by Crippen LogP contribution is -2.58. The molecule has 0 atom stereocenters. The van der Waals surface area contributed by atoms with Gasteiger partial charge in [-0.2, -0.15) is 0 Å². The molecule has 1 heteroatoms. The van der Waals surface area contributed by atoms with Crippen LogP contribution in [0.3, 0.4) is 0 Å². The molecule has 0 unspecified atom stereocenters. The maximum absolute atomic E-state index is 6.37. The summed E-state index contributed by atoms with van der Waals surface area (Å²) in [6.45, 7) is 3.06. The van der Waals surface area contributed by atoms with Crippen molar-refractivity contribution in [3.63, 3.8) is 0 Å². The highest BCUT2D eigenvalue weighted by Gasteiger charge is 2.56. The van der Waals surface area contributed by atoms with Crippen molar-refractivity contribution in [1.29, 1.82) is 0 Å². The first kappa shape index (κ1) is 12.0. The molecule has 2 N–H and O–H groups in total. The third-order valence-electron chi connectivity index (χ3n) is 6.49. The topological polar surface area (TPSA) is 26.0 Å². The summed E-state index contributed by atoms with van der Waals surface area (Å²) < 4.78 is 0. The van der Waals surface area contributed by atoms with Crippen molar-refractivity contribution in [3.05, 3.63) is 35.4 Å². The van der Waals surface area contributed by atoms with Crippen LogP contribution in [0.15, 0.2) is 24.3 Å². The third-order valence-corrected chi connectivity index (χ3v) is 6.49. The van der Waals surface area contributed by atoms with Gasteiger partial charge < -0.3 is 5.73 Å². The molecule has 1 nitrogen and oxygen atoms in total. The van der Waals surface area contributed by atoms with Gasteiger partial charge in [-0.3, -0.25) is 0 Å². The van der Waals surface area contributed by atoms with E-state index in [1.165, 1.54) is 37.7 Å². The van der Waals surface area contributed by atoms with E-state index in [1.807, 2.05) is 0 Å². The van der Waals surface area contributed by atoms with Crippen LogP contribution in [-0.4, -0.2) is 6.54 Å². The summed E-state index contributed by atoms with van der Waals surface area (Å²) in [5.74, 6) is 3.75. The molecule has 0 radical (unpaired) electrons. The average Bonchev–Trinajstić information content (AvgIpc) is 2.38. The highest BCUT2D eigenvalue weighted by atomic mass is 14.7. The van der Waals surface area contributed by atoms with Crippen molar-refractivity contribution in [2.45, 2.75) is 44.4 Å². The van der Waals surface area contributed by atoms with Gasteiger partial charge >= 0.3 is 0 Å². The number of nitrogens with two attached hydrogens (primary N) is 1. The molecule has 0 spiro atoms. The smallest absolute Gasteiger partial charge is 0.0132 e. The van der Waals surface area contributed by atoms with Crippen LogP contribution < -0.4 is 5.73 Å². The molecular formula is C18H25N. The van der Waals surface area contributed by atoms with Gasteiger partial charge in [-0.1, -0.05) is 29.8 Å². The van der Waals surface area contributed by atoms with Crippen LogP contribution in [-0.2, 0) is 5.41 Å². The maximum atomic E-state index is 6.37. The molecule has 4 aliphatic carbocycles. The Labute approximate surface area is 116 Å². The van der Waals surface area contributed by atoms with Crippen molar-refractivity contribution in [3.8, 4) is 0 Å². The minimum absolute atomic E-state index is 0.305. The fraction of sp³-hybridized carbons (Fsp3) is 0.667. The molecule has 1 aromatic rings. The zero-order valence-electron chi connectivity index (χ0n) is 11.9. The van der Waals surface area contributed by atoms with E-state index in [4.69, 9.17) is 5.73 Å². The molecule has 19 heavy (non-hydrogen) atoms. The van der Waals surface area contributed by atoms with E-state index in [1.54, 1.807) is 5.56 Å². The van der Waals surface area contributed by atoms with E-state index < -0.39 is 0 Å². The molecule has 4 saturated carbocycles. The molecule has 0 amide bonds. The van der Waals surface area contributed by atoms with Crippen LogP contribution in [0, 0.1) is 30.6 Å². The average molecular weight is 255 g/mol. The van der Waals surface area contributed by atoms with E-state index in [9.17, 15) is 0 Å². The predicted octanol–water partition coefficient (Wildman–Crippen LogP) is 3.65. The highest BCUT2D eigenvalue weighted by Crippen LogP contribution is 2.62. The van der Waals surface area contributed by atoms with Crippen molar-refractivity contribution >= 4 is 0 Å². The lowest BCUT2D eigenvalue weighted by molar-refractivity contribution is -0.0567. The summed E-state index contributed by atoms with van der Waals surface area (Å²) in [5.41, 5.74) is 9.61. The van der Waals surface area contributed by atoms with Gasteiger partial charge in [0, 0.05) is 12.0 Å². The minimum Gasteiger partial charge on any atom is -0.330 e. The number of rotatable bonds is 2. The number of aryl methyl sites for hydroxylation is 1. The second-order valence-corrected chi connectivity index (χ2v) is 7.42. The fourth-order valence-electron chi connectivity index (χ4n) is 5.88. The molecule has 5 rings (SSSR count). The largest absolute Gasteiger partial charge is 0.330 e. The molecule has 0 aliphatic heterocycles. The Hall–Kier alpha value is -0.820. The van der Waals surface area contributed by atoms with Gasteiger partial charge in [-0.25, -0.2) is 0 Å². The van der Waals surface area contributed by atoms with Crippen molar-refractivity contribution in [2.24, 2.45) is 29.4 Å². The second-order valence-electron chi connectivity index (χ2n) is 7.42. The standard InChI is InChI=1S/C18H25N/c1-12-3-2-4-15(5-12)18(11-19)16-7-13-6-14(9-16)10-17(18)8-13/h2-5,13-14,16-17H,6-11,19H2,1H3. The molecule has 0 saturated heterocycles. The van der Waals surface area contributed by atoms with Crippen molar-refractivity contribution < 1.29 is 0 Å². The molecule has 0 aromatic heterocycles. The summed E-state index contributed by atoms with van der Waals surface area (Å²) in [6.07, 6.45) is 7.29. The Morgan fingerprint density at radius 3 is 2.21 bits per heavy atom. The Balaban J connectivity index is 1.81. The van der Waals surface area contributed by atoms with Crippen LogP contribution in [0.25, 0.3) is 0 Å². The van der Waals surface area contributed by atoms with Gasteiger partial charge in [0.15, 0.2) is 0 Å². The number of hydrogen-bond acceptors (Lipinski definition) is 1. The van der Waals surface area contributed by atoms with Crippen molar-refractivity contribution in [2.75, 3.05) is 6.54 Å². The van der Waals surface area contributed by atoms with E-state index in [-0.39, 0.29) is 0 Å². The van der Waals surface area contributed by atoms with Crippen LogP contribution >= 0.6 is 0 Å². The zero-order valence-corrected chi connectivity index (χ0v) is 11.9. The quantitative estimate of drug-likeness (QED) is 0.857. The fourth-order valence-corrected chi connectivity index (χ4v) is 5.88. The first-order valence-corrected chi connectivity index (χ1v) is 7.99. The van der Waals surface area contributed by atoms with Gasteiger partial charge in [0.05, 0.1) is 0 Å². The molecule has 4 fully saturated rings. The maximum Gasteiger partial charge on any atom is 0.0132 e. The number of benzene rings is 1. The number of hydrogen-bond donors (Lipinski definition) is 1. The second kappa shape index (κ2) is 4.09. The molecule has 102 valence electrons. The van der Waals surface area contributed by atoms with Gasteiger partial charge in [-0.05, 0) is 68.3 Å². The molecule has 0 heterocycles. The molecule has 4 aliphatic rings. The van der Waals surface area contributed by atoms with E-state index in [0.717, 1.165) is 30.2 Å². The summed E-state index contributed by atoms with van der Waals surface area (Å²) in [5, 5.41) is 0. The Morgan fingerprint density at radius 2 is 1.68 bits per heavy atom. The van der Waals surface area contributed by atoms with Gasteiger partial charge in [0.2, 0.25) is 0 Å². The first-order valence-electron chi connectivity index (χ1n) is 7.99. The van der Waals surface area contributed by atoms with Crippen molar-refractivity contribution in [1.82, 2.24) is 0 Å². The van der Waals surface area contributed by atoms with Gasteiger partial charge in [-0.15, -0.1) is 0 Å². The lowest BCUT2D eigenvalue weighted by atomic mass is 9.44. The Kier molecular flexibility index (Phi) is 2.57. The zero-order chi connectivity index (χ0) is 13.0. The van der Waals surface area contributed by atoms with Crippen LogP contribution in [0.5, 0.6) is 0 Å². The van der Waals surface area contributed by atoms with Gasteiger partial charge in [0.25, 0.3) is 0 Å². The highest BCUT2D eigenvalue weighted by molar-refractivity contribution is 5.34. The van der Waals surface area contributed by atoms with E-state index >= 15 is 0 Å². The first-order chi connectivity index (χ1) is 9.22. The van der Waals surface area contributed by atoms with E-state index in [2.05, 4.69) is 31.2 Å². The van der Waals surface area contributed by atoms with Crippen LogP contribution in [0.4, 0.5) is 0 Å². The van der Waals surface area contributed by atoms with Gasteiger partial charge in [0.1, 0.15) is 0 Å². The Morgan fingerprint density at radius 1 is 1.05 bits per heavy atom. The molecule has 4 bridgehead atoms. The Bertz CT molecular complexity index is 462. The summed E-state index contributed by atoms with van der Waals surface area (Å²) in [7, 11) is 0. The van der Waals surface area contributed by atoms with E-state index in [0.29, 0.717) is 5.41 Å². The minimum atomic E-state index is 0.305. The monoisotopic (exact) mass is 255 g/mol. The predicted molar refractivity (Wildman–Crippen MR) is 79.0 cm³/mol. The SMILES string of the molecule is Cc1cccc(C2(CN)C3CC4CC(C3)CC2C4)c1. The summed E-state index contributed by atoms with van der Waals surface area (Å²) in [6, 6.07) is 9.20. The lowest BCUT2D eigenvalue weighted by Gasteiger charge is -2.61. The normalized spacial score (nSPS) is 43.7. The summed E-state index contributed by atoms with van der Waals surface area (Å²) in [4.78, 5) is 0. The third kappa shape index (κ3) is 1.57. The summed E-state index contributed by atoms with van der Waals surface area (Å²) >= 11 is 0. The van der Waals surface area contributed by atoms with Crippen LogP contribution in [0.1, 0.15) is 43.2 Å².